The first-order chi connectivity index (χ1) is 13.2. The second-order valence-corrected chi connectivity index (χ2v) is 7.39. The van der Waals surface area contributed by atoms with Crippen molar-refractivity contribution >= 4 is 22.4 Å². The Morgan fingerprint density at radius 3 is 2.52 bits per heavy atom. The van der Waals surface area contributed by atoms with Crippen LogP contribution in [0.25, 0.3) is 10.8 Å². The zero-order valence-corrected chi connectivity index (χ0v) is 15.0. The third-order valence-corrected chi connectivity index (χ3v) is 5.36. The fourth-order valence-electron chi connectivity index (χ4n) is 4.03. The highest BCUT2D eigenvalue weighted by Crippen LogP contribution is 2.47. The van der Waals surface area contributed by atoms with Gasteiger partial charge in [0, 0.05) is 24.6 Å². The van der Waals surface area contributed by atoms with Crippen LogP contribution in [0.4, 0.5) is 5.69 Å². The van der Waals surface area contributed by atoms with Crippen LogP contribution in [0.2, 0.25) is 0 Å². The van der Waals surface area contributed by atoms with Gasteiger partial charge in [-0.15, -0.1) is 0 Å². The minimum Gasteiger partial charge on any atom is -0.448 e. The lowest BCUT2D eigenvalue weighted by Crippen LogP contribution is -2.34. The van der Waals surface area contributed by atoms with E-state index >= 15 is 0 Å². The van der Waals surface area contributed by atoms with Crippen LogP contribution >= 0.6 is 0 Å². The van der Waals surface area contributed by atoms with E-state index in [9.17, 15) is 4.79 Å². The van der Waals surface area contributed by atoms with E-state index in [0.29, 0.717) is 6.42 Å². The van der Waals surface area contributed by atoms with Gasteiger partial charge in [0.15, 0.2) is 11.5 Å². The van der Waals surface area contributed by atoms with Crippen molar-refractivity contribution in [2.24, 2.45) is 0 Å². The number of carbonyl (C=O) groups is 1. The van der Waals surface area contributed by atoms with E-state index in [2.05, 4.69) is 29.6 Å². The maximum Gasteiger partial charge on any atom is 0.251 e. The minimum atomic E-state index is -0.476. The van der Waals surface area contributed by atoms with Crippen LogP contribution in [0.5, 0.6) is 11.5 Å². The Labute approximate surface area is 158 Å². The Hall–Kier alpha value is -3.01. The number of nitrogens with one attached hydrogen (secondary N) is 1. The number of benzene rings is 3. The summed E-state index contributed by atoms with van der Waals surface area (Å²) in [6, 6.07) is 19.9. The zero-order valence-electron chi connectivity index (χ0n) is 15.0. The highest BCUT2D eigenvalue weighted by Gasteiger charge is 2.44. The molecule has 1 heterocycles. The Morgan fingerprint density at radius 2 is 1.67 bits per heavy atom. The molecule has 1 N–H and O–H groups in total. The van der Waals surface area contributed by atoms with Crippen LogP contribution in [-0.4, -0.2) is 11.7 Å². The average Bonchev–Trinajstić information content (AvgIpc) is 3.27. The van der Waals surface area contributed by atoms with E-state index in [1.165, 1.54) is 5.39 Å². The number of hydrogen-bond acceptors (Lipinski definition) is 3. The van der Waals surface area contributed by atoms with Crippen molar-refractivity contribution in [3.8, 4) is 11.5 Å². The molecule has 0 atom stereocenters. The van der Waals surface area contributed by atoms with Gasteiger partial charge in [-0.2, -0.15) is 0 Å². The monoisotopic (exact) mass is 359 g/mol. The molecular formula is C23H21NO3. The second-order valence-electron chi connectivity index (χ2n) is 7.39. The van der Waals surface area contributed by atoms with Crippen molar-refractivity contribution in [3.63, 3.8) is 0 Å². The molecule has 0 radical (unpaired) electrons. The molecule has 1 aliphatic carbocycles. The normalized spacial score (nSPS) is 16.7. The standard InChI is InChI=1S/C23H21NO3/c25-22(14-16-7-8-17-5-1-2-6-18(17)13-16)24-19-9-10-20-21(15-19)27-23(26-20)11-3-4-12-23/h1-2,5-10,13,15H,3-4,11-12,14H2,(H,24,25). The van der Waals surface area contributed by atoms with Crippen LogP contribution < -0.4 is 14.8 Å². The summed E-state index contributed by atoms with van der Waals surface area (Å²) in [5.74, 6) is 0.973. The maximum absolute atomic E-state index is 12.5. The van der Waals surface area contributed by atoms with Crippen molar-refractivity contribution in [1.29, 1.82) is 0 Å². The summed E-state index contributed by atoms with van der Waals surface area (Å²) < 4.78 is 12.1. The number of rotatable bonds is 3. The molecule has 1 fully saturated rings. The van der Waals surface area contributed by atoms with Crippen LogP contribution in [0.3, 0.4) is 0 Å². The number of hydrogen-bond donors (Lipinski definition) is 1. The summed E-state index contributed by atoms with van der Waals surface area (Å²) in [4.78, 5) is 12.5. The molecule has 27 heavy (non-hydrogen) atoms. The average molecular weight is 359 g/mol. The Morgan fingerprint density at radius 1 is 0.889 bits per heavy atom. The van der Waals surface area contributed by atoms with E-state index in [1.807, 2.05) is 36.4 Å². The molecule has 4 nitrogen and oxygen atoms in total. The highest BCUT2D eigenvalue weighted by molar-refractivity contribution is 5.93. The fraction of sp³-hybridized carbons (Fsp3) is 0.261. The molecule has 3 aromatic carbocycles. The smallest absolute Gasteiger partial charge is 0.251 e. The first-order valence-electron chi connectivity index (χ1n) is 9.49. The molecule has 136 valence electrons. The predicted molar refractivity (Wildman–Crippen MR) is 105 cm³/mol. The second kappa shape index (κ2) is 6.31. The quantitative estimate of drug-likeness (QED) is 0.711. The van der Waals surface area contributed by atoms with E-state index in [-0.39, 0.29) is 5.91 Å². The Kier molecular flexibility index (Phi) is 3.78. The molecular weight excluding hydrogens is 338 g/mol. The number of ether oxygens (including phenoxy) is 2. The third-order valence-electron chi connectivity index (χ3n) is 5.36. The number of anilines is 1. The number of fused-ring (bicyclic) bond motifs is 2. The predicted octanol–water partition coefficient (Wildman–Crippen LogP) is 5.06. The molecule has 0 saturated heterocycles. The Bertz CT molecular complexity index is 1020. The summed E-state index contributed by atoms with van der Waals surface area (Å²) in [6.45, 7) is 0. The van der Waals surface area contributed by atoms with Crippen LogP contribution in [-0.2, 0) is 11.2 Å². The van der Waals surface area contributed by atoms with Gasteiger partial charge in [0.1, 0.15) is 0 Å². The lowest BCUT2D eigenvalue weighted by Gasteiger charge is -2.21. The Balaban J connectivity index is 1.28. The largest absolute Gasteiger partial charge is 0.448 e. The molecule has 1 aliphatic heterocycles. The van der Waals surface area contributed by atoms with Gasteiger partial charge < -0.3 is 14.8 Å². The summed E-state index contributed by atoms with van der Waals surface area (Å²) in [7, 11) is 0. The summed E-state index contributed by atoms with van der Waals surface area (Å²) in [6.07, 6.45) is 4.44. The topological polar surface area (TPSA) is 47.6 Å². The van der Waals surface area contributed by atoms with Crippen LogP contribution in [0.15, 0.2) is 60.7 Å². The molecule has 0 aromatic heterocycles. The van der Waals surface area contributed by atoms with Gasteiger partial charge in [-0.05, 0) is 41.3 Å². The van der Waals surface area contributed by atoms with Gasteiger partial charge in [-0.25, -0.2) is 0 Å². The first kappa shape index (κ1) is 16.2. The highest BCUT2D eigenvalue weighted by atomic mass is 16.7. The molecule has 5 rings (SSSR count). The third kappa shape index (κ3) is 3.12. The molecule has 1 amide bonds. The van der Waals surface area contributed by atoms with Crippen molar-refractivity contribution in [2.75, 3.05) is 5.32 Å². The lowest BCUT2D eigenvalue weighted by atomic mass is 10.0. The van der Waals surface area contributed by atoms with Crippen molar-refractivity contribution < 1.29 is 14.3 Å². The summed E-state index contributed by atoms with van der Waals surface area (Å²) in [5, 5.41) is 5.30. The number of amides is 1. The molecule has 1 spiro atoms. The molecule has 4 heteroatoms. The molecule has 2 aliphatic rings. The van der Waals surface area contributed by atoms with E-state index in [1.54, 1.807) is 0 Å². The maximum atomic E-state index is 12.5. The molecule has 1 saturated carbocycles. The molecule has 0 bridgehead atoms. The van der Waals surface area contributed by atoms with Gasteiger partial charge >= 0.3 is 0 Å². The lowest BCUT2D eigenvalue weighted by molar-refractivity contribution is -0.115. The minimum absolute atomic E-state index is 0.0419. The van der Waals surface area contributed by atoms with E-state index in [4.69, 9.17) is 9.47 Å². The van der Waals surface area contributed by atoms with Gasteiger partial charge in [0.05, 0.1) is 6.42 Å². The summed E-state index contributed by atoms with van der Waals surface area (Å²) in [5.41, 5.74) is 1.73. The zero-order chi connectivity index (χ0) is 18.3. The summed E-state index contributed by atoms with van der Waals surface area (Å²) >= 11 is 0. The van der Waals surface area contributed by atoms with Gasteiger partial charge in [0.2, 0.25) is 5.91 Å². The van der Waals surface area contributed by atoms with E-state index in [0.717, 1.165) is 53.8 Å². The van der Waals surface area contributed by atoms with Gasteiger partial charge in [0.25, 0.3) is 5.79 Å². The van der Waals surface area contributed by atoms with Crippen molar-refractivity contribution in [3.05, 3.63) is 66.2 Å². The van der Waals surface area contributed by atoms with Crippen LogP contribution in [0, 0.1) is 0 Å². The molecule has 3 aromatic rings. The van der Waals surface area contributed by atoms with Crippen LogP contribution in [0.1, 0.15) is 31.2 Å². The SMILES string of the molecule is O=C(Cc1ccc2ccccc2c1)Nc1ccc2c(c1)OC1(CCCC1)O2. The van der Waals surface area contributed by atoms with E-state index < -0.39 is 5.79 Å². The van der Waals surface area contributed by atoms with Gasteiger partial charge in [-0.1, -0.05) is 42.5 Å². The number of carbonyl (C=O) groups excluding carboxylic acids is 1. The fourth-order valence-corrected chi connectivity index (χ4v) is 4.03. The molecule has 0 unspecified atom stereocenters. The van der Waals surface area contributed by atoms with Crippen molar-refractivity contribution in [1.82, 2.24) is 0 Å². The van der Waals surface area contributed by atoms with Crippen molar-refractivity contribution in [2.45, 2.75) is 37.9 Å². The van der Waals surface area contributed by atoms with Gasteiger partial charge in [-0.3, -0.25) is 4.79 Å². The first-order valence-corrected chi connectivity index (χ1v) is 9.49.